The Balaban J connectivity index is 2.07. The minimum Gasteiger partial charge on any atom is -0.477 e. The molecule has 0 spiro atoms. The van der Waals surface area contributed by atoms with E-state index in [9.17, 15) is 4.79 Å². The highest BCUT2D eigenvalue weighted by molar-refractivity contribution is 5.88. The van der Waals surface area contributed by atoms with E-state index in [0.717, 1.165) is 22.3 Å². The van der Waals surface area contributed by atoms with Crippen LogP contribution in [-0.2, 0) is 7.05 Å². The second-order valence-corrected chi connectivity index (χ2v) is 5.55. The lowest BCUT2D eigenvalue weighted by Gasteiger charge is -2.07. The van der Waals surface area contributed by atoms with Gasteiger partial charge in [0.05, 0.1) is 12.3 Å². The molecule has 0 atom stereocenters. The molecule has 0 bridgehead atoms. The Morgan fingerprint density at radius 2 is 1.79 bits per heavy atom. The summed E-state index contributed by atoms with van der Waals surface area (Å²) in [5, 5.41) is 13.4. The van der Waals surface area contributed by atoms with Gasteiger partial charge in [0.1, 0.15) is 5.69 Å². The first-order valence-corrected chi connectivity index (χ1v) is 7.36. The second-order valence-electron chi connectivity index (χ2n) is 5.55. The standard InChI is InChI=1S/C19H15N3O2/c1-12-4-6-13(7-5-12)15-9-8-14(10-17(15)20-2)16-11-18(19(23)24)22(3)21-16/h4-11H,1,3H3,(H,23,24). The van der Waals surface area contributed by atoms with Gasteiger partial charge in [0.15, 0.2) is 5.69 Å². The third-order valence-corrected chi connectivity index (χ3v) is 3.88. The minimum atomic E-state index is -1.03. The van der Waals surface area contributed by atoms with E-state index < -0.39 is 5.97 Å². The largest absolute Gasteiger partial charge is 0.477 e. The van der Waals surface area contributed by atoms with Crippen LogP contribution in [0.15, 0.2) is 48.5 Å². The monoisotopic (exact) mass is 317 g/mol. The second kappa shape index (κ2) is 6.01. The normalized spacial score (nSPS) is 10.4. The Morgan fingerprint density at radius 1 is 1.12 bits per heavy atom. The highest BCUT2D eigenvalue weighted by atomic mass is 16.4. The lowest BCUT2D eigenvalue weighted by Crippen LogP contribution is -2.04. The van der Waals surface area contributed by atoms with E-state index in [0.29, 0.717) is 11.4 Å². The summed E-state index contributed by atoms with van der Waals surface area (Å²) in [7, 11) is 1.59. The number of aromatic nitrogens is 2. The van der Waals surface area contributed by atoms with Crippen molar-refractivity contribution in [2.24, 2.45) is 7.05 Å². The zero-order valence-electron chi connectivity index (χ0n) is 13.3. The maximum atomic E-state index is 11.1. The van der Waals surface area contributed by atoms with Gasteiger partial charge in [-0.25, -0.2) is 9.64 Å². The van der Waals surface area contributed by atoms with Crippen molar-refractivity contribution in [2.75, 3.05) is 0 Å². The van der Waals surface area contributed by atoms with E-state index in [1.165, 1.54) is 10.7 Å². The first-order chi connectivity index (χ1) is 11.5. The number of hydrogen-bond donors (Lipinski definition) is 1. The molecule has 0 saturated heterocycles. The Bertz CT molecular complexity index is 963. The topological polar surface area (TPSA) is 59.5 Å². The molecule has 3 rings (SSSR count). The van der Waals surface area contributed by atoms with Gasteiger partial charge in [-0.2, -0.15) is 5.10 Å². The van der Waals surface area contributed by atoms with Crippen LogP contribution in [-0.4, -0.2) is 20.9 Å². The van der Waals surface area contributed by atoms with Crippen molar-refractivity contribution in [3.8, 4) is 22.4 Å². The van der Waals surface area contributed by atoms with Crippen molar-refractivity contribution in [3.05, 3.63) is 71.2 Å². The predicted molar refractivity (Wildman–Crippen MR) is 92.0 cm³/mol. The number of carboxylic acid groups (broad SMARTS) is 1. The van der Waals surface area contributed by atoms with Crippen LogP contribution in [0.3, 0.4) is 0 Å². The summed E-state index contributed by atoms with van der Waals surface area (Å²) in [5.41, 5.74) is 4.87. The Labute approximate surface area is 139 Å². The lowest BCUT2D eigenvalue weighted by atomic mass is 9.99. The van der Waals surface area contributed by atoms with Gasteiger partial charge < -0.3 is 5.11 Å². The van der Waals surface area contributed by atoms with Crippen molar-refractivity contribution in [3.63, 3.8) is 0 Å². The molecule has 2 aromatic carbocycles. The molecule has 1 heterocycles. The maximum Gasteiger partial charge on any atom is 0.354 e. The van der Waals surface area contributed by atoms with Crippen LogP contribution in [0.2, 0.25) is 0 Å². The number of hydrogen-bond acceptors (Lipinski definition) is 2. The van der Waals surface area contributed by atoms with E-state index in [2.05, 4.69) is 9.94 Å². The number of rotatable bonds is 3. The number of carbonyl (C=O) groups is 1. The highest BCUT2D eigenvalue weighted by Crippen LogP contribution is 2.34. The fourth-order valence-corrected chi connectivity index (χ4v) is 2.57. The molecule has 0 aliphatic rings. The molecular weight excluding hydrogens is 302 g/mol. The van der Waals surface area contributed by atoms with Crippen molar-refractivity contribution in [1.29, 1.82) is 0 Å². The third kappa shape index (κ3) is 2.77. The fourth-order valence-electron chi connectivity index (χ4n) is 2.57. The van der Waals surface area contributed by atoms with Gasteiger partial charge in [-0.3, -0.25) is 4.68 Å². The molecule has 0 fully saturated rings. The molecule has 3 aromatic rings. The van der Waals surface area contributed by atoms with Crippen LogP contribution in [0.4, 0.5) is 5.69 Å². The molecule has 24 heavy (non-hydrogen) atoms. The van der Waals surface area contributed by atoms with Crippen LogP contribution in [0, 0.1) is 13.5 Å². The van der Waals surface area contributed by atoms with Crippen LogP contribution >= 0.6 is 0 Å². The average Bonchev–Trinajstić information content (AvgIpc) is 2.97. The molecular formula is C19H15N3O2. The molecule has 0 unspecified atom stereocenters. The highest BCUT2D eigenvalue weighted by Gasteiger charge is 2.14. The van der Waals surface area contributed by atoms with E-state index >= 15 is 0 Å². The van der Waals surface area contributed by atoms with Crippen LogP contribution in [0.5, 0.6) is 0 Å². The molecule has 0 saturated carbocycles. The van der Waals surface area contributed by atoms with Crippen LogP contribution < -0.4 is 0 Å². The number of benzene rings is 2. The summed E-state index contributed by atoms with van der Waals surface area (Å²) < 4.78 is 1.32. The van der Waals surface area contributed by atoms with E-state index in [1.54, 1.807) is 13.1 Å². The number of nitrogens with zero attached hydrogens (tertiary/aromatic N) is 3. The Morgan fingerprint density at radius 3 is 2.38 bits per heavy atom. The summed E-state index contributed by atoms with van der Waals surface area (Å²) in [4.78, 5) is 14.8. The van der Waals surface area contributed by atoms with Crippen molar-refractivity contribution in [2.45, 2.75) is 6.92 Å². The van der Waals surface area contributed by atoms with E-state index in [4.69, 9.17) is 11.7 Å². The van der Waals surface area contributed by atoms with Crippen molar-refractivity contribution < 1.29 is 9.90 Å². The third-order valence-electron chi connectivity index (χ3n) is 3.88. The van der Waals surface area contributed by atoms with Gasteiger partial charge in [0.2, 0.25) is 0 Å². The number of carboxylic acids is 1. The molecule has 0 radical (unpaired) electrons. The molecule has 5 nitrogen and oxygen atoms in total. The van der Waals surface area contributed by atoms with E-state index in [1.807, 2.05) is 43.3 Å². The zero-order valence-corrected chi connectivity index (χ0v) is 13.3. The quantitative estimate of drug-likeness (QED) is 0.732. The van der Waals surface area contributed by atoms with Gasteiger partial charge in [-0.15, -0.1) is 0 Å². The summed E-state index contributed by atoms with van der Waals surface area (Å²) in [5.74, 6) is -1.03. The smallest absolute Gasteiger partial charge is 0.354 e. The maximum absolute atomic E-state index is 11.1. The van der Waals surface area contributed by atoms with Crippen molar-refractivity contribution >= 4 is 11.7 Å². The SMILES string of the molecule is [C-]#[N+]c1cc(-c2cc(C(=O)O)n(C)n2)ccc1-c1ccc(C)cc1. The number of aryl methyl sites for hydroxylation is 2. The molecule has 1 aromatic heterocycles. The van der Waals surface area contributed by atoms with Gasteiger partial charge >= 0.3 is 5.97 Å². The molecule has 0 amide bonds. The molecule has 1 N–H and O–H groups in total. The van der Waals surface area contributed by atoms with Gasteiger partial charge in [-0.1, -0.05) is 42.0 Å². The van der Waals surface area contributed by atoms with Crippen molar-refractivity contribution in [1.82, 2.24) is 9.78 Å². The van der Waals surface area contributed by atoms with Gasteiger partial charge in [0.25, 0.3) is 0 Å². The zero-order chi connectivity index (χ0) is 17.3. The lowest BCUT2D eigenvalue weighted by molar-refractivity contribution is 0.0685. The minimum absolute atomic E-state index is 0.108. The Kier molecular flexibility index (Phi) is 3.88. The van der Waals surface area contributed by atoms with Crippen LogP contribution in [0.1, 0.15) is 16.1 Å². The summed E-state index contributed by atoms with van der Waals surface area (Å²) in [6.45, 7) is 9.47. The first kappa shape index (κ1) is 15.5. The van der Waals surface area contributed by atoms with Gasteiger partial charge in [0, 0.05) is 7.05 Å². The predicted octanol–water partition coefficient (Wildman–Crippen LogP) is 4.31. The van der Waals surface area contributed by atoms with Gasteiger partial charge in [-0.05, 0) is 35.7 Å². The summed E-state index contributed by atoms with van der Waals surface area (Å²) >= 11 is 0. The number of aromatic carboxylic acids is 1. The van der Waals surface area contributed by atoms with E-state index in [-0.39, 0.29) is 5.69 Å². The fraction of sp³-hybridized carbons (Fsp3) is 0.105. The van der Waals surface area contributed by atoms with Crippen LogP contribution in [0.25, 0.3) is 27.2 Å². The summed E-state index contributed by atoms with van der Waals surface area (Å²) in [6.07, 6.45) is 0. The summed E-state index contributed by atoms with van der Waals surface area (Å²) in [6, 6.07) is 15.0. The molecule has 118 valence electrons. The average molecular weight is 317 g/mol. The molecule has 5 heteroatoms. The molecule has 0 aliphatic heterocycles. The molecule has 0 aliphatic carbocycles. The first-order valence-electron chi connectivity index (χ1n) is 7.36. The Hall–Kier alpha value is -3.39.